The predicted molar refractivity (Wildman–Crippen MR) is 316 cm³/mol. The van der Waals surface area contributed by atoms with Gasteiger partial charge in [0.05, 0.1) is 34.9 Å². The molecule has 0 spiro atoms. The summed E-state index contributed by atoms with van der Waals surface area (Å²) < 4.78 is 5.52. The van der Waals surface area contributed by atoms with Crippen molar-refractivity contribution in [2.24, 2.45) is 10.8 Å². The Kier molecular flexibility index (Phi) is 21.4. The molecule has 2 aromatic carbocycles. The Bertz CT molecular complexity index is 2880. The number of carbonyl (C=O) groups is 9. The van der Waals surface area contributed by atoms with Crippen LogP contribution in [0.2, 0.25) is 0 Å². The van der Waals surface area contributed by atoms with Crippen molar-refractivity contribution in [3.05, 3.63) is 71.8 Å². The van der Waals surface area contributed by atoms with E-state index in [4.69, 9.17) is 17.0 Å². The number of thioether (sulfide) groups is 2. The third-order valence-electron chi connectivity index (χ3n) is 14.9. The predicted octanol–water partition coefficient (Wildman–Crippen LogP) is 4.14. The highest BCUT2D eigenvalue weighted by molar-refractivity contribution is 8.00. The van der Waals surface area contributed by atoms with Crippen LogP contribution >= 0.6 is 35.7 Å². The van der Waals surface area contributed by atoms with Gasteiger partial charge in [-0.15, -0.1) is 23.5 Å². The number of rotatable bonds is 16. The summed E-state index contributed by atoms with van der Waals surface area (Å²) in [6, 6.07) is 9.46. The van der Waals surface area contributed by atoms with E-state index in [0.29, 0.717) is 41.9 Å². The Balaban J connectivity index is 1.08. The number of thiocarbonyl (C=S) groups is 1. The zero-order chi connectivity index (χ0) is 60.4. The number of amides is 9. The molecule has 82 heavy (non-hydrogen) atoms. The minimum atomic E-state index is -1.30. The molecular formula is C58H76N10O11S3. The first-order valence-corrected chi connectivity index (χ1v) is 29.7. The van der Waals surface area contributed by atoms with Crippen LogP contribution < -0.4 is 31.9 Å². The van der Waals surface area contributed by atoms with E-state index < -0.39 is 118 Å². The molecule has 4 aliphatic rings. The Morgan fingerprint density at radius 3 is 1.50 bits per heavy atom. The van der Waals surface area contributed by atoms with Crippen molar-refractivity contribution in [3.63, 3.8) is 0 Å². The number of carboxylic acid groups (broad SMARTS) is 1. The molecule has 4 heterocycles. The van der Waals surface area contributed by atoms with Gasteiger partial charge in [-0.2, -0.15) is 0 Å². The maximum atomic E-state index is 14.6. The average Bonchev–Trinajstić information content (AvgIpc) is 2.33. The van der Waals surface area contributed by atoms with Crippen LogP contribution in [0.5, 0.6) is 0 Å². The zero-order valence-electron chi connectivity index (χ0n) is 48.2. The van der Waals surface area contributed by atoms with E-state index in [9.17, 15) is 48.3 Å². The minimum absolute atomic E-state index is 0.154. The summed E-state index contributed by atoms with van der Waals surface area (Å²) in [5.74, 6) is 8.32. The van der Waals surface area contributed by atoms with Gasteiger partial charge >= 0.3 is 12.2 Å². The molecule has 24 heteroatoms. The maximum Gasteiger partial charge on any atom is 0.410 e. The molecular weight excluding hydrogens is 1110 g/mol. The largest absolute Gasteiger partial charge is 0.465 e. The van der Waals surface area contributed by atoms with Crippen LogP contribution in [0.3, 0.4) is 0 Å². The summed E-state index contributed by atoms with van der Waals surface area (Å²) in [5, 5.41) is 25.9. The van der Waals surface area contributed by atoms with Crippen molar-refractivity contribution in [1.29, 1.82) is 0 Å². The summed E-state index contributed by atoms with van der Waals surface area (Å²) in [5.41, 5.74) is -1.19. The van der Waals surface area contributed by atoms with E-state index in [1.165, 1.54) is 35.5 Å². The number of nitrogens with zero attached hydrogens (tertiary/aromatic N) is 4. The Hall–Kier alpha value is -7.02. The monoisotopic (exact) mass is 1180 g/mol. The molecule has 10 atom stereocenters. The van der Waals surface area contributed by atoms with Crippen LogP contribution in [0.25, 0.3) is 0 Å². The summed E-state index contributed by atoms with van der Waals surface area (Å²) >= 11 is 8.79. The lowest BCUT2D eigenvalue weighted by Crippen LogP contribution is -2.59. The molecule has 0 unspecified atom stereocenters. The second-order valence-corrected chi connectivity index (χ2v) is 26.1. The molecule has 4 saturated heterocycles. The summed E-state index contributed by atoms with van der Waals surface area (Å²) in [6.45, 7) is 15.7. The first-order valence-electron chi connectivity index (χ1n) is 27.2. The first-order chi connectivity index (χ1) is 38.5. The van der Waals surface area contributed by atoms with E-state index in [-0.39, 0.29) is 35.8 Å². The van der Waals surface area contributed by atoms with E-state index in [1.807, 2.05) is 27.7 Å². The number of fused-ring (bicyclic) bond motifs is 2. The Labute approximate surface area is 494 Å². The fourth-order valence-electron chi connectivity index (χ4n) is 10.3. The number of hydrogen-bond acceptors (Lipinski definition) is 13. The summed E-state index contributed by atoms with van der Waals surface area (Å²) in [7, 11) is 2.83. The van der Waals surface area contributed by atoms with E-state index in [2.05, 4.69) is 55.6 Å². The van der Waals surface area contributed by atoms with Gasteiger partial charge in [0.2, 0.25) is 41.4 Å². The third kappa shape index (κ3) is 15.7. The lowest BCUT2D eigenvalue weighted by Gasteiger charge is -2.35. The Morgan fingerprint density at radius 1 is 0.683 bits per heavy atom. The molecule has 0 aliphatic carbocycles. The van der Waals surface area contributed by atoms with Gasteiger partial charge in [0.1, 0.15) is 47.9 Å². The smallest absolute Gasteiger partial charge is 0.410 e. The third-order valence-corrected chi connectivity index (χ3v) is 17.9. The van der Waals surface area contributed by atoms with E-state index >= 15 is 0 Å². The molecule has 21 nitrogen and oxygen atoms in total. The van der Waals surface area contributed by atoms with Crippen molar-refractivity contribution < 1.29 is 53.0 Å². The summed E-state index contributed by atoms with van der Waals surface area (Å²) in [4.78, 5) is 129. The fourth-order valence-corrected chi connectivity index (χ4v) is 13.7. The average molecular weight is 1190 g/mol. The summed E-state index contributed by atoms with van der Waals surface area (Å²) in [6.07, 6.45) is -0.191. The molecule has 0 bridgehead atoms. The van der Waals surface area contributed by atoms with E-state index in [1.54, 1.807) is 112 Å². The molecule has 0 radical (unpaired) electrons. The second kappa shape index (κ2) is 27.4. The maximum absolute atomic E-state index is 14.6. The van der Waals surface area contributed by atoms with Crippen LogP contribution in [0.1, 0.15) is 111 Å². The highest BCUT2D eigenvalue weighted by atomic mass is 32.2. The second-order valence-electron chi connectivity index (χ2n) is 23.1. The number of likely N-dealkylation sites (N-methyl/N-ethyl adjacent to an activating group) is 2. The van der Waals surface area contributed by atoms with Crippen molar-refractivity contribution in [2.45, 2.75) is 153 Å². The minimum Gasteiger partial charge on any atom is -0.465 e. The van der Waals surface area contributed by atoms with Crippen molar-refractivity contribution >= 4 is 94.3 Å². The van der Waals surface area contributed by atoms with Gasteiger partial charge in [-0.25, -0.2) is 9.59 Å². The van der Waals surface area contributed by atoms with Crippen molar-refractivity contribution in [1.82, 2.24) is 51.5 Å². The topological polar surface area (TPSA) is 268 Å². The first kappa shape index (κ1) is 64.2. The van der Waals surface area contributed by atoms with Crippen molar-refractivity contribution in [2.75, 3.05) is 38.7 Å². The standard InChI is InChI=1S/C58H76N10O11S3/c1-34(65(10)54(76)77)46(69)61-38-26-30-81-40-32-57(6,7)44(67(40)52(38)74)49(72)63-42(36-22-16-14-17-23-36)47(70)59-28-20-12-13-21-29-60-48(71)43(37-24-18-15-19-25-37)64-50(73)45-58(8,9)33-41-68(45)53(75)39(27-31-82-41)62-51(80)35(2)66(11)55(78)79-56(3,4)5/h14-19,22-25,34-35,38-45H,26-33H2,1-11H3,(H,59,70)(H,60,71)(H,61,69)(H,62,80)(H,63,72)(H,64,73)(H,76,77)/t34-,35-,38-,39-,40-,41-,42-,43-,44+,45+/m0/s1. The van der Waals surface area contributed by atoms with Gasteiger partial charge in [0.15, 0.2) is 0 Å². The molecule has 0 aromatic heterocycles. The molecule has 4 aliphatic heterocycles. The lowest BCUT2D eigenvalue weighted by atomic mass is 9.83. The van der Waals surface area contributed by atoms with Crippen molar-refractivity contribution in [3.8, 4) is 23.7 Å². The molecule has 442 valence electrons. The quantitative estimate of drug-likeness (QED) is 0.0920. The number of benzene rings is 2. The van der Waals surface area contributed by atoms with Crippen LogP contribution in [0.15, 0.2) is 60.7 Å². The number of ether oxygens (including phenoxy) is 1. The van der Waals surface area contributed by atoms with Gasteiger partial charge in [0.25, 0.3) is 0 Å². The number of hydrogen-bond donors (Lipinski definition) is 7. The lowest BCUT2D eigenvalue weighted by molar-refractivity contribution is -0.144. The molecule has 9 amide bonds. The van der Waals surface area contributed by atoms with E-state index in [0.717, 1.165) is 4.90 Å². The Morgan fingerprint density at radius 2 is 1.10 bits per heavy atom. The normalized spacial score (nSPS) is 23.0. The van der Waals surface area contributed by atoms with Gasteiger partial charge in [-0.1, -0.05) is 112 Å². The van der Waals surface area contributed by atoms with Gasteiger partial charge < -0.3 is 56.4 Å². The molecule has 7 N–H and O–H groups in total. The SMILES string of the molecule is C[C@@H](C(=O)N[C@H]1CCS[C@H]2CC(C)(C)[C@@H](C(=O)N[C@H](C(=O)NCC#CC#CCNC(=O)[C@@H](NC(=O)[C@H]3N4C(=O)[C@@H](NC(=S)[C@H](C)N(C)C(=O)OC(C)(C)C)CCS[C@H]4CC3(C)C)c3ccccc3)c3ccccc3)N2C1=O)N(C)C(=O)O. The van der Waals surface area contributed by atoms with Gasteiger partial charge in [-0.3, -0.25) is 38.5 Å². The molecule has 4 fully saturated rings. The number of nitrogens with one attached hydrogen (secondary N) is 6. The van der Waals surface area contributed by atoms with Gasteiger partial charge in [-0.05, 0) is 106 Å². The van der Waals surface area contributed by atoms with Crippen LogP contribution in [0, 0.1) is 34.5 Å². The molecule has 6 rings (SSSR count). The van der Waals surface area contributed by atoms with Crippen LogP contribution in [-0.2, 0) is 38.3 Å². The highest BCUT2D eigenvalue weighted by Crippen LogP contribution is 2.48. The van der Waals surface area contributed by atoms with Gasteiger partial charge in [0, 0.05) is 14.1 Å². The van der Waals surface area contributed by atoms with Crippen LogP contribution in [-0.4, -0.2) is 175 Å². The zero-order valence-corrected chi connectivity index (χ0v) is 50.7. The highest BCUT2D eigenvalue weighted by Gasteiger charge is 2.56. The fraction of sp³-hybridized carbons (Fsp3) is 0.552. The molecule has 0 saturated carbocycles. The number of carbonyl (C=O) groups excluding carboxylic acids is 8. The molecule has 2 aromatic rings. The van der Waals surface area contributed by atoms with Crippen LogP contribution in [0.4, 0.5) is 9.59 Å².